The van der Waals surface area contributed by atoms with E-state index in [0.717, 1.165) is 5.16 Å². The molecule has 2 aromatic rings. The van der Waals surface area contributed by atoms with E-state index in [1.54, 1.807) is 23.5 Å². The summed E-state index contributed by atoms with van der Waals surface area (Å²) in [6.07, 6.45) is 6.68. The Labute approximate surface area is 84.8 Å². The summed E-state index contributed by atoms with van der Waals surface area (Å²) < 4.78 is 6.69. The minimum atomic E-state index is 0.700. The first-order chi connectivity index (χ1) is 6.90. The predicted octanol–water partition coefficient (Wildman–Crippen LogP) is 1.48. The highest BCUT2D eigenvalue weighted by molar-refractivity contribution is 7.98. The fourth-order valence-electron chi connectivity index (χ4n) is 0.917. The molecule has 0 atom stereocenters. The van der Waals surface area contributed by atoms with E-state index in [2.05, 4.69) is 15.3 Å². The van der Waals surface area contributed by atoms with Crippen LogP contribution in [0.15, 0.2) is 39.4 Å². The minimum absolute atomic E-state index is 0.700. The van der Waals surface area contributed by atoms with Gasteiger partial charge in [-0.05, 0) is 18.4 Å². The molecule has 0 fully saturated rings. The van der Waals surface area contributed by atoms with Gasteiger partial charge in [-0.25, -0.2) is 0 Å². The maximum absolute atomic E-state index is 5.10. The van der Waals surface area contributed by atoms with Gasteiger partial charge in [0.2, 0.25) is 5.16 Å². The first-order valence-electron chi connectivity index (χ1n) is 3.92. The highest BCUT2D eigenvalue weighted by Gasteiger charge is 1.99. The van der Waals surface area contributed by atoms with E-state index in [1.807, 2.05) is 18.4 Å². The monoisotopic (exact) mass is 208 g/mol. The second-order valence-corrected chi connectivity index (χ2v) is 3.20. The maximum Gasteiger partial charge on any atom is 0.211 e. The largest absolute Gasteiger partial charge is 0.463 e. The van der Waals surface area contributed by atoms with Crippen LogP contribution in [0.4, 0.5) is 0 Å². The summed E-state index contributed by atoms with van der Waals surface area (Å²) in [6.45, 7) is 0. The molecule has 2 heterocycles. The fourth-order valence-corrected chi connectivity index (χ4v) is 1.33. The third-order valence-corrected chi connectivity index (χ3v) is 2.17. The van der Waals surface area contributed by atoms with Gasteiger partial charge < -0.3 is 4.42 Å². The molecule has 0 aromatic carbocycles. The summed E-state index contributed by atoms with van der Waals surface area (Å²) in [4.78, 5) is 0. The Hall–Kier alpha value is -1.56. The second-order valence-electron chi connectivity index (χ2n) is 2.42. The molecule has 6 heteroatoms. The van der Waals surface area contributed by atoms with Crippen LogP contribution in [-0.2, 0) is 0 Å². The van der Waals surface area contributed by atoms with E-state index in [4.69, 9.17) is 4.42 Å². The summed E-state index contributed by atoms with van der Waals surface area (Å²) in [6, 6.07) is 3.63. The predicted molar refractivity (Wildman–Crippen MR) is 53.5 cm³/mol. The van der Waals surface area contributed by atoms with Crippen LogP contribution >= 0.6 is 11.8 Å². The third-order valence-electron chi connectivity index (χ3n) is 1.54. The molecule has 2 aromatic heterocycles. The fraction of sp³-hybridized carbons (Fsp3) is 0.125. The van der Waals surface area contributed by atoms with Crippen molar-refractivity contribution < 1.29 is 4.42 Å². The van der Waals surface area contributed by atoms with E-state index in [1.165, 1.54) is 11.8 Å². The lowest BCUT2D eigenvalue weighted by molar-refractivity contribution is 0.559. The maximum atomic E-state index is 5.10. The molecular weight excluding hydrogens is 200 g/mol. The SMILES string of the molecule is CSc1nncn1N=Cc1ccco1. The van der Waals surface area contributed by atoms with Crippen LogP contribution in [0.1, 0.15) is 5.76 Å². The summed E-state index contributed by atoms with van der Waals surface area (Å²) in [5.74, 6) is 0.700. The summed E-state index contributed by atoms with van der Waals surface area (Å²) in [5, 5.41) is 12.5. The van der Waals surface area contributed by atoms with E-state index in [9.17, 15) is 0 Å². The van der Waals surface area contributed by atoms with Crippen molar-refractivity contribution in [3.8, 4) is 0 Å². The van der Waals surface area contributed by atoms with Crippen molar-refractivity contribution in [1.82, 2.24) is 14.9 Å². The highest BCUT2D eigenvalue weighted by atomic mass is 32.2. The molecule has 2 rings (SSSR count). The van der Waals surface area contributed by atoms with Crippen LogP contribution in [0.2, 0.25) is 0 Å². The smallest absolute Gasteiger partial charge is 0.211 e. The molecule has 14 heavy (non-hydrogen) atoms. The highest BCUT2D eigenvalue weighted by Crippen LogP contribution is 2.09. The molecular formula is C8H8N4OS. The number of hydrogen-bond acceptors (Lipinski definition) is 5. The second kappa shape index (κ2) is 4.10. The van der Waals surface area contributed by atoms with Crippen LogP contribution in [-0.4, -0.2) is 27.3 Å². The lowest BCUT2D eigenvalue weighted by Crippen LogP contribution is -1.90. The molecule has 0 unspecified atom stereocenters. The zero-order chi connectivity index (χ0) is 9.80. The van der Waals surface area contributed by atoms with Gasteiger partial charge >= 0.3 is 0 Å². The lowest BCUT2D eigenvalue weighted by Gasteiger charge is -1.93. The van der Waals surface area contributed by atoms with Gasteiger partial charge in [0.1, 0.15) is 12.1 Å². The Morgan fingerprint density at radius 3 is 3.29 bits per heavy atom. The normalized spacial score (nSPS) is 11.2. The van der Waals surface area contributed by atoms with E-state index < -0.39 is 0 Å². The summed E-state index contributed by atoms with van der Waals surface area (Å²) in [7, 11) is 0. The Morgan fingerprint density at radius 1 is 1.64 bits per heavy atom. The molecule has 0 aliphatic heterocycles. The van der Waals surface area contributed by atoms with Gasteiger partial charge in [0.15, 0.2) is 0 Å². The molecule has 72 valence electrons. The average molecular weight is 208 g/mol. The molecule has 0 N–H and O–H groups in total. The van der Waals surface area contributed by atoms with Crippen LogP contribution < -0.4 is 0 Å². The van der Waals surface area contributed by atoms with Gasteiger partial charge in [0, 0.05) is 0 Å². The number of nitrogens with zero attached hydrogens (tertiary/aromatic N) is 4. The number of rotatable bonds is 3. The van der Waals surface area contributed by atoms with Crippen LogP contribution in [0, 0.1) is 0 Å². The van der Waals surface area contributed by atoms with Crippen molar-refractivity contribution in [3.63, 3.8) is 0 Å². The standard InChI is InChI=1S/C8H8N4OS/c1-14-8-11-9-6-12(8)10-5-7-3-2-4-13-7/h2-6H,1H3. The summed E-state index contributed by atoms with van der Waals surface area (Å²) in [5.41, 5.74) is 0. The Kier molecular flexibility index (Phi) is 2.64. The van der Waals surface area contributed by atoms with Crippen molar-refractivity contribution in [2.45, 2.75) is 5.16 Å². The van der Waals surface area contributed by atoms with E-state index >= 15 is 0 Å². The number of hydrogen-bond donors (Lipinski definition) is 0. The first kappa shape index (κ1) is 9.01. The molecule has 5 nitrogen and oxygen atoms in total. The minimum Gasteiger partial charge on any atom is -0.463 e. The van der Waals surface area contributed by atoms with Gasteiger partial charge in [0.05, 0.1) is 12.5 Å². The lowest BCUT2D eigenvalue weighted by atomic mass is 10.5. The van der Waals surface area contributed by atoms with Crippen molar-refractivity contribution in [2.75, 3.05) is 6.26 Å². The average Bonchev–Trinajstić information content (AvgIpc) is 2.85. The van der Waals surface area contributed by atoms with E-state index in [0.29, 0.717) is 5.76 Å². The quantitative estimate of drug-likeness (QED) is 0.566. The van der Waals surface area contributed by atoms with Crippen molar-refractivity contribution in [1.29, 1.82) is 0 Å². The van der Waals surface area contributed by atoms with Crippen molar-refractivity contribution in [2.24, 2.45) is 5.10 Å². The first-order valence-corrected chi connectivity index (χ1v) is 5.14. The van der Waals surface area contributed by atoms with Gasteiger partial charge in [-0.1, -0.05) is 11.8 Å². The van der Waals surface area contributed by atoms with Gasteiger partial charge in [-0.2, -0.15) is 9.78 Å². The Morgan fingerprint density at radius 2 is 2.57 bits per heavy atom. The zero-order valence-electron chi connectivity index (χ0n) is 7.49. The molecule has 0 amide bonds. The number of aromatic nitrogens is 3. The Bertz CT molecular complexity index is 420. The van der Waals surface area contributed by atoms with Crippen molar-refractivity contribution in [3.05, 3.63) is 30.5 Å². The van der Waals surface area contributed by atoms with Gasteiger partial charge in [-0.15, -0.1) is 10.2 Å². The van der Waals surface area contributed by atoms with Crippen LogP contribution in [0.25, 0.3) is 0 Å². The summed E-state index contributed by atoms with van der Waals surface area (Å²) >= 11 is 1.48. The number of furan rings is 1. The number of thioether (sulfide) groups is 1. The molecule has 0 radical (unpaired) electrons. The zero-order valence-corrected chi connectivity index (χ0v) is 8.31. The van der Waals surface area contributed by atoms with Gasteiger partial charge in [-0.3, -0.25) is 0 Å². The molecule has 0 aliphatic rings. The Balaban J connectivity index is 2.18. The van der Waals surface area contributed by atoms with Crippen LogP contribution in [0.5, 0.6) is 0 Å². The molecule has 0 spiro atoms. The third kappa shape index (κ3) is 1.85. The molecule has 0 bridgehead atoms. The molecule has 0 aliphatic carbocycles. The topological polar surface area (TPSA) is 56.2 Å². The van der Waals surface area contributed by atoms with Gasteiger partial charge in [0.25, 0.3) is 0 Å². The van der Waals surface area contributed by atoms with E-state index in [-0.39, 0.29) is 0 Å². The van der Waals surface area contributed by atoms with Crippen molar-refractivity contribution >= 4 is 18.0 Å². The van der Waals surface area contributed by atoms with Crippen LogP contribution in [0.3, 0.4) is 0 Å². The molecule has 0 saturated heterocycles. The molecule has 0 saturated carbocycles.